The van der Waals surface area contributed by atoms with Crippen LogP contribution in [0.3, 0.4) is 0 Å². The first kappa shape index (κ1) is 16.7. The lowest BCUT2D eigenvalue weighted by molar-refractivity contribution is -0.132. The first-order chi connectivity index (χ1) is 12.7. The van der Waals surface area contributed by atoms with Gasteiger partial charge in [0, 0.05) is 38.3 Å². The molecule has 0 spiro atoms. The number of hydrogen-bond acceptors (Lipinski definition) is 6. The molecule has 0 saturated heterocycles. The van der Waals surface area contributed by atoms with Crippen molar-refractivity contribution in [1.82, 2.24) is 19.5 Å². The molecule has 2 aromatic heterocycles. The van der Waals surface area contributed by atoms with Crippen molar-refractivity contribution in [2.45, 2.75) is 25.8 Å². The number of rotatable bonds is 5. The van der Waals surface area contributed by atoms with Crippen LogP contribution < -0.4 is 10.9 Å². The molecule has 8 heteroatoms. The van der Waals surface area contributed by atoms with Crippen LogP contribution in [0.25, 0.3) is 4.96 Å². The van der Waals surface area contributed by atoms with Crippen LogP contribution in [0.5, 0.6) is 0 Å². The van der Waals surface area contributed by atoms with Crippen LogP contribution in [0.2, 0.25) is 0 Å². The molecular formula is C18H19N5O2S. The fourth-order valence-electron chi connectivity index (χ4n) is 3.12. The van der Waals surface area contributed by atoms with Gasteiger partial charge in [0.1, 0.15) is 0 Å². The van der Waals surface area contributed by atoms with E-state index in [0.29, 0.717) is 29.6 Å². The molecule has 1 N–H and O–H groups in total. The summed E-state index contributed by atoms with van der Waals surface area (Å²) in [6.45, 7) is 2.12. The van der Waals surface area contributed by atoms with Crippen LogP contribution in [0, 0.1) is 0 Å². The molecule has 1 amide bonds. The van der Waals surface area contributed by atoms with Crippen LogP contribution in [-0.4, -0.2) is 38.5 Å². The molecule has 0 fully saturated rings. The number of carbonyl (C=O) groups excluding carboxylic acids is 1. The normalized spacial score (nSPS) is 13.6. The molecule has 0 aliphatic carbocycles. The van der Waals surface area contributed by atoms with Crippen molar-refractivity contribution in [2.75, 3.05) is 18.4 Å². The highest BCUT2D eigenvalue weighted by atomic mass is 32.1. The number of amides is 1. The smallest absolute Gasteiger partial charge is 0.275 e. The van der Waals surface area contributed by atoms with Crippen LogP contribution in [0.15, 0.2) is 41.3 Å². The molecule has 134 valence electrons. The molecule has 0 bridgehead atoms. The summed E-state index contributed by atoms with van der Waals surface area (Å²) in [7, 11) is 0. The van der Waals surface area contributed by atoms with Gasteiger partial charge < -0.3 is 10.2 Å². The van der Waals surface area contributed by atoms with Gasteiger partial charge in [-0.1, -0.05) is 35.6 Å². The highest BCUT2D eigenvalue weighted by molar-refractivity contribution is 7.20. The topological polar surface area (TPSA) is 79.6 Å². The van der Waals surface area contributed by atoms with Gasteiger partial charge in [-0.15, -0.1) is 5.10 Å². The largest absolute Gasteiger partial charge is 0.360 e. The highest BCUT2D eigenvalue weighted by Gasteiger charge is 2.19. The second-order valence-corrected chi connectivity index (χ2v) is 7.20. The lowest BCUT2D eigenvalue weighted by atomic mass is 9.99. The van der Waals surface area contributed by atoms with E-state index in [9.17, 15) is 9.59 Å². The van der Waals surface area contributed by atoms with Gasteiger partial charge >= 0.3 is 0 Å². The molecule has 3 heterocycles. The molecule has 7 nitrogen and oxygen atoms in total. The van der Waals surface area contributed by atoms with Crippen molar-refractivity contribution >= 4 is 27.3 Å². The van der Waals surface area contributed by atoms with Gasteiger partial charge in [-0.05, 0) is 24.0 Å². The van der Waals surface area contributed by atoms with E-state index in [1.165, 1.54) is 39.2 Å². The number of anilines is 1. The van der Waals surface area contributed by atoms with E-state index in [-0.39, 0.29) is 11.5 Å². The molecule has 1 aliphatic heterocycles. The van der Waals surface area contributed by atoms with Crippen molar-refractivity contribution in [3.05, 3.63) is 58.0 Å². The Labute approximate surface area is 154 Å². The second-order valence-electron chi connectivity index (χ2n) is 6.25. The molecule has 1 aromatic carbocycles. The molecule has 26 heavy (non-hydrogen) atoms. The summed E-state index contributed by atoms with van der Waals surface area (Å²) in [5, 5.41) is 8.01. The van der Waals surface area contributed by atoms with E-state index in [0.717, 1.165) is 19.4 Å². The monoisotopic (exact) mass is 369 g/mol. The maximum absolute atomic E-state index is 12.4. The summed E-state index contributed by atoms with van der Waals surface area (Å²) >= 11 is 1.32. The van der Waals surface area contributed by atoms with Crippen LogP contribution in [0.4, 0.5) is 5.13 Å². The van der Waals surface area contributed by atoms with Gasteiger partial charge in [0.15, 0.2) is 0 Å². The van der Waals surface area contributed by atoms with Gasteiger partial charge in [0.25, 0.3) is 5.56 Å². The zero-order valence-corrected chi connectivity index (χ0v) is 15.0. The SMILES string of the molecule is O=C(CCCNc1nn2c(=O)ccnc2s1)N1CCc2ccccc2C1. The predicted octanol–water partition coefficient (Wildman–Crippen LogP) is 1.93. The van der Waals surface area contributed by atoms with Crippen molar-refractivity contribution in [2.24, 2.45) is 0 Å². The molecule has 0 atom stereocenters. The summed E-state index contributed by atoms with van der Waals surface area (Å²) < 4.78 is 1.28. The number of aromatic nitrogens is 3. The first-order valence-corrected chi connectivity index (χ1v) is 9.46. The quantitative estimate of drug-likeness (QED) is 0.695. The molecule has 0 radical (unpaired) electrons. The predicted molar refractivity (Wildman–Crippen MR) is 100 cm³/mol. The molecule has 3 aromatic rings. The number of carbonyl (C=O) groups is 1. The van der Waals surface area contributed by atoms with Crippen LogP contribution in [0.1, 0.15) is 24.0 Å². The summed E-state index contributed by atoms with van der Waals surface area (Å²) in [5.41, 5.74) is 2.40. The van der Waals surface area contributed by atoms with Crippen molar-refractivity contribution in [3.8, 4) is 0 Å². The van der Waals surface area contributed by atoms with Gasteiger partial charge in [0.2, 0.25) is 16.0 Å². The number of nitrogens with zero attached hydrogens (tertiary/aromatic N) is 4. The molecule has 1 aliphatic rings. The number of nitrogens with one attached hydrogen (secondary N) is 1. The molecule has 0 unspecified atom stereocenters. The molecule has 0 saturated carbocycles. The number of hydrogen-bond donors (Lipinski definition) is 1. The molecular weight excluding hydrogens is 350 g/mol. The Balaban J connectivity index is 1.27. The Bertz CT molecular complexity index is 996. The minimum Gasteiger partial charge on any atom is -0.360 e. The van der Waals surface area contributed by atoms with Gasteiger partial charge in [-0.3, -0.25) is 9.59 Å². The van der Waals surface area contributed by atoms with E-state index >= 15 is 0 Å². The third-order valence-electron chi connectivity index (χ3n) is 4.50. The maximum Gasteiger partial charge on any atom is 0.275 e. The van der Waals surface area contributed by atoms with Gasteiger partial charge in [0.05, 0.1) is 0 Å². The van der Waals surface area contributed by atoms with Crippen molar-refractivity contribution < 1.29 is 4.79 Å². The average molecular weight is 369 g/mol. The zero-order chi connectivity index (χ0) is 17.9. The maximum atomic E-state index is 12.4. The van der Waals surface area contributed by atoms with Crippen LogP contribution >= 0.6 is 11.3 Å². The van der Waals surface area contributed by atoms with Crippen LogP contribution in [-0.2, 0) is 17.8 Å². The van der Waals surface area contributed by atoms with E-state index in [1.807, 2.05) is 17.0 Å². The summed E-state index contributed by atoms with van der Waals surface area (Å²) in [5.74, 6) is 0.184. The lowest BCUT2D eigenvalue weighted by Crippen LogP contribution is -2.35. The fourth-order valence-corrected chi connectivity index (χ4v) is 3.92. The Morgan fingerprint density at radius 3 is 2.92 bits per heavy atom. The summed E-state index contributed by atoms with van der Waals surface area (Å²) in [4.78, 5) is 30.7. The van der Waals surface area contributed by atoms with Crippen molar-refractivity contribution in [3.63, 3.8) is 0 Å². The lowest BCUT2D eigenvalue weighted by Gasteiger charge is -2.29. The van der Waals surface area contributed by atoms with Gasteiger partial charge in [-0.2, -0.15) is 4.52 Å². The Morgan fingerprint density at radius 2 is 2.08 bits per heavy atom. The highest BCUT2D eigenvalue weighted by Crippen LogP contribution is 2.19. The average Bonchev–Trinajstić information content (AvgIpc) is 3.09. The number of benzene rings is 1. The standard InChI is InChI=1S/C18H19N5O2S/c24-15(22-11-8-13-4-1-2-5-14(13)12-22)6-3-9-19-17-21-23-16(25)7-10-20-18(23)26-17/h1-2,4-5,7,10H,3,6,8-9,11-12H2,(H,19,21). The third-order valence-corrected chi connectivity index (χ3v) is 5.38. The van der Waals surface area contributed by atoms with E-state index in [4.69, 9.17) is 0 Å². The van der Waals surface area contributed by atoms with Gasteiger partial charge in [-0.25, -0.2) is 4.98 Å². The Kier molecular flexibility index (Phi) is 4.66. The second kappa shape index (κ2) is 7.25. The minimum absolute atomic E-state index is 0.184. The van der Waals surface area contributed by atoms with E-state index in [2.05, 4.69) is 27.5 Å². The van der Waals surface area contributed by atoms with Crippen molar-refractivity contribution in [1.29, 1.82) is 0 Å². The Morgan fingerprint density at radius 1 is 1.23 bits per heavy atom. The zero-order valence-electron chi connectivity index (χ0n) is 14.2. The summed E-state index contributed by atoms with van der Waals surface area (Å²) in [6, 6.07) is 9.69. The van der Waals surface area contributed by atoms with E-state index < -0.39 is 0 Å². The summed E-state index contributed by atoms with van der Waals surface area (Å²) in [6.07, 6.45) is 3.62. The Hall–Kier alpha value is -2.74. The van der Waals surface area contributed by atoms with E-state index in [1.54, 1.807) is 0 Å². The first-order valence-electron chi connectivity index (χ1n) is 8.64. The minimum atomic E-state index is -0.195. The number of fused-ring (bicyclic) bond motifs is 2. The third kappa shape index (κ3) is 3.45. The molecule has 4 rings (SSSR count). The fraction of sp³-hybridized carbons (Fsp3) is 0.333.